The van der Waals surface area contributed by atoms with E-state index in [0.29, 0.717) is 6.04 Å². The summed E-state index contributed by atoms with van der Waals surface area (Å²) in [6.07, 6.45) is 14.8. The summed E-state index contributed by atoms with van der Waals surface area (Å²) in [7, 11) is 0. The lowest BCUT2D eigenvalue weighted by molar-refractivity contribution is -0.130. The van der Waals surface area contributed by atoms with Gasteiger partial charge in [-0.1, -0.05) is 62.9 Å². The largest absolute Gasteiger partial charge is 0.382 e. The van der Waals surface area contributed by atoms with Crippen molar-refractivity contribution in [2.24, 2.45) is 0 Å². The third-order valence-corrected chi connectivity index (χ3v) is 7.43. The number of hydrogen-bond donors (Lipinski definition) is 2. The normalized spacial score (nSPS) is 20.5. The Labute approximate surface area is 196 Å². The van der Waals surface area contributed by atoms with E-state index >= 15 is 0 Å². The van der Waals surface area contributed by atoms with E-state index in [9.17, 15) is 4.79 Å². The van der Waals surface area contributed by atoms with Crippen LogP contribution in [0.15, 0.2) is 48.5 Å². The monoisotopic (exact) mass is 439 g/mol. The molecule has 1 amide bonds. The molecule has 2 aliphatic rings. The minimum absolute atomic E-state index is 0.0986. The zero-order valence-corrected chi connectivity index (χ0v) is 19.4. The van der Waals surface area contributed by atoms with Crippen LogP contribution >= 0.6 is 0 Å². The second-order valence-electron chi connectivity index (χ2n) is 9.57. The lowest BCUT2D eigenvalue weighted by Crippen LogP contribution is -2.47. The molecular formula is C29H33N3O. The van der Waals surface area contributed by atoms with Gasteiger partial charge in [-0.15, -0.1) is 6.42 Å². The number of benzene rings is 2. The maximum Gasteiger partial charge on any atom is 0.299 e. The highest BCUT2D eigenvalue weighted by Crippen LogP contribution is 2.42. The van der Waals surface area contributed by atoms with Crippen molar-refractivity contribution in [2.75, 3.05) is 5.32 Å². The van der Waals surface area contributed by atoms with E-state index < -0.39 is 0 Å². The molecular weight excluding hydrogens is 406 g/mol. The maximum atomic E-state index is 13.1. The number of fused-ring (bicyclic) bond motifs is 3. The summed E-state index contributed by atoms with van der Waals surface area (Å²) in [5.74, 6) is 2.20. The van der Waals surface area contributed by atoms with Crippen LogP contribution in [0.25, 0.3) is 10.9 Å². The Hall–Kier alpha value is -3.19. The van der Waals surface area contributed by atoms with Crippen LogP contribution in [0.1, 0.15) is 74.7 Å². The van der Waals surface area contributed by atoms with Crippen molar-refractivity contribution in [1.82, 2.24) is 9.88 Å². The Balaban J connectivity index is 1.57. The lowest BCUT2D eigenvalue weighted by Gasteiger charge is -2.41. The van der Waals surface area contributed by atoms with Crippen LogP contribution in [0.3, 0.4) is 0 Å². The number of aromatic amines is 1. The van der Waals surface area contributed by atoms with Crippen LogP contribution in [0.4, 0.5) is 5.69 Å². The van der Waals surface area contributed by atoms with Gasteiger partial charge in [-0.05, 0) is 60.9 Å². The van der Waals surface area contributed by atoms with Crippen LogP contribution in [-0.4, -0.2) is 27.9 Å². The topological polar surface area (TPSA) is 48.1 Å². The van der Waals surface area contributed by atoms with Crippen molar-refractivity contribution < 1.29 is 4.79 Å². The highest BCUT2D eigenvalue weighted by Gasteiger charge is 2.39. The molecule has 1 aliphatic carbocycles. The first-order valence-electron chi connectivity index (χ1n) is 12.4. The third-order valence-electron chi connectivity index (χ3n) is 7.43. The molecule has 1 aliphatic heterocycles. The Morgan fingerprint density at radius 2 is 1.91 bits per heavy atom. The van der Waals surface area contributed by atoms with E-state index in [1.165, 1.54) is 36.6 Å². The van der Waals surface area contributed by atoms with Gasteiger partial charge in [-0.2, -0.15) is 0 Å². The van der Waals surface area contributed by atoms with Crippen molar-refractivity contribution >= 4 is 22.5 Å². The van der Waals surface area contributed by atoms with Crippen LogP contribution in [0, 0.1) is 12.3 Å². The van der Waals surface area contributed by atoms with Crippen LogP contribution in [0.5, 0.6) is 0 Å². The molecule has 4 heteroatoms. The van der Waals surface area contributed by atoms with Gasteiger partial charge in [-0.3, -0.25) is 4.79 Å². The molecule has 2 aromatic carbocycles. The Bertz CT molecular complexity index is 1160. The van der Waals surface area contributed by atoms with Gasteiger partial charge in [0, 0.05) is 34.4 Å². The number of hydrogen-bond acceptors (Lipinski definition) is 2. The number of H-pyrrole nitrogens is 1. The Morgan fingerprint density at radius 1 is 1.15 bits per heavy atom. The number of terminal acetylenes is 1. The van der Waals surface area contributed by atoms with Gasteiger partial charge >= 0.3 is 0 Å². The summed E-state index contributed by atoms with van der Waals surface area (Å²) in [5.41, 5.74) is 5.80. The molecule has 4 nitrogen and oxygen atoms in total. The summed E-state index contributed by atoms with van der Waals surface area (Å²) in [6.45, 7) is 2.20. The highest BCUT2D eigenvalue weighted by atomic mass is 16.2. The fourth-order valence-electron chi connectivity index (χ4n) is 5.79. The fraction of sp³-hybridized carbons (Fsp3) is 0.414. The van der Waals surface area contributed by atoms with E-state index in [2.05, 4.69) is 71.7 Å². The SMILES string of the molecule is C#CC(=O)N1[C@@H](CCCC)Cc2c([nH]c3ccccc23)[C@@H]1c1ccc(NC2CCCC2)cc1. The number of amides is 1. The fourth-order valence-corrected chi connectivity index (χ4v) is 5.79. The molecule has 5 rings (SSSR count). The number of para-hydroxylation sites is 1. The highest BCUT2D eigenvalue weighted by molar-refractivity contribution is 5.94. The van der Waals surface area contributed by atoms with Crippen molar-refractivity contribution in [3.63, 3.8) is 0 Å². The molecule has 1 saturated carbocycles. The number of carbonyl (C=O) groups is 1. The number of unbranched alkanes of at least 4 members (excludes halogenated alkanes) is 1. The molecule has 0 radical (unpaired) electrons. The molecule has 1 aromatic heterocycles. The molecule has 1 fully saturated rings. The van der Waals surface area contributed by atoms with Gasteiger partial charge in [0.25, 0.3) is 5.91 Å². The molecule has 0 unspecified atom stereocenters. The molecule has 3 aromatic rings. The molecule has 0 bridgehead atoms. The molecule has 0 saturated heterocycles. The number of nitrogens with zero attached hydrogens (tertiary/aromatic N) is 1. The maximum absolute atomic E-state index is 13.1. The molecule has 2 N–H and O–H groups in total. The standard InChI is InChI=1S/C29H33N3O/c1-3-5-12-23-19-25-24-13-8-9-14-26(24)31-28(25)29(32(23)27(33)4-2)20-15-17-22(18-16-20)30-21-10-6-7-11-21/h2,8-9,13-18,21,23,29-31H,3,5-7,10-12,19H2,1H3/t23-,29-/m0/s1. The van der Waals surface area contributed by atoms with E-state index in [1.807, 2.05) is 4.90 Å². The van der Waals surface area contributed by atoms with Crippen molar-refractivity contribution in [3.8, 4) is 12.3 Å². The summed E-state index contributed by atoms with van der Waals surface area (Å²) in [6, 6.07) is 17.6. The Kier molecular flexibility index (Phi) is 6.13. The van der Waals surface area contributed by atoms with Crippen LogP contribution in [-0.2, 0) is 11.2 Å². The number of carbonyl (C=O) groups excluding carboxylic acids is 1. The van der Waals surface area contributed by atoms with Crippen LogP contribution in [0.2, 0.25) is 0 Å². The average molecular weight is 440 g/mol. The first-order valence-corrected chi connectivity index (χ1v) is 12.4. The second-order valence-corrected chi connectivity index (χ2v) is 9.57. The van der Waals surface area contributed by atoms with Gasteiger partial charge in [0.1, 0.15) is 0 Å². The van der Waals surface area contributed by atoms with Crippen molar-refractivity contribution in [2.45, 2.75) is 76.4 Å². The summed E-state index contributed by atoms with van der Waals surface area (Å²) in [4.78, 5) is 18.7. The quantitative estimate of drug-likeness (QED) is 0.450. The molecule has 0 spiro atoms. The smallest absolute Gasteiger partial charge is 0.299 e. The van der Waals surface area contributed by atoms with Gasteiger partial charge in [0.05, 0.1) is 6.04 Å². The average Bonchev–Trinajstić information content (AvgIpc) is 3.49. The van der Waals surface area contributed by atoms with Crippen molar-refractivity contribution in [1.29, 1.82) is 0 Å². The Morgan fingerprint density at radius 3 is 2.64 bits per heavy atom. The van der Waals surface area contributed by atoms with Crippen molar-refractivity contribution in [3.05, 3.63) is 65.4 Å². The first-order chi connectivity index (χ1) is 16.2. The molecule has 2 heterocycles. The van der Waals surface area contributed by atoms with E-state index in [0.717, 1.165) is 48.1 Å². The zero-order valence-electron chi connectivity index (χ0n) is 19.4. The van der Waals surface area contributed by atoms with Crippen LogP contribution < -0.4 is 5.32 Å². The van der Waals surface area contributed by atoms with E-state index in [4.69, 9.17) is 6.42 Å². The zero-order chi connectivity index (χ0) is 22.8. The van der Waals surface area contributed by atoms with E-state index in [-0.39, 0.29) is 18.0 Å². The first kappa shape index (κ1) is 21.6. The molecule has 170 valence electrons. The molecule has 2 atom stereocenters. The third kappa shape index (κ3) is 4.13. The van der Waals surface area contributed by atoms with Gasteiger partial charge in [-0.25, -0.2) is 0 Å². The summed E-state index contributed by atoms with van der Waals surface area (Å²) in [5, 5.41) is 4.93. The van der Waals surface area contributed by atoms with Gasteiger partial charge in [0.2, 0.25) is 0 Å². The second kappa shape index (κ2) is 9.35. The number of nitrogens with one attached hydrogen (secondary N) is 2. The number of aromatic nitrogens is 1. The van der Waals surface area contributed by atoms with E-state index in [1.54, 1.807) is 0 Å². The predicted octanol–water partition coefficient (Wildman–Crippen LogP) is 6.19. The predicted molar refractivity (Wildman–Crippen MR) is 135 cm³/mol. The van der Waals surface area contributed by atoms with Gasteiger partial charge < -0.3 is 15.2 Å². The molecule has 33 heavy (non-hydrogen) atoms. The minimum Gasteiger partial charge on any atom is -0.382 e. The number of anilines is 1. The number of rotatable bonds is 6. The van der Waals surface area contributed by atoms with Gasteiger partial charge in [0.15, 0.2) is 0 Å². The summed E-state index contributed by atoms with van der Waals surface area (Å²) >= 11 is 0. The summed E-state index contributed by atoms with van der Waals surface area (Å²) < 4.78 is 0. The minimum atomic E-state index is -0.224. The lowest BCUT2D eigenvalue weighted by atomic mass is 9.86.